The second-order valence-electron chi connectivity index (χ2n) is 7.24. The monoisotopic (exact) mass is 410 g/mol. The molecule has 0 spiro atoms. The summed E-state index contributed by atoms with van der Waals surface area (Å²) in [6.45, 7) is 2.06. The molecule has 2 aliphatic rings. The summed E-state index contributed by atoms with van der Waals surface area (Å²) in [4.78, 5) is 40.9. The van der Waals surface area contributed by atoms with Gasteiger partial charge in [0.15, 0.2) is 0 Å². The number of thioether (sulfide) groups is 1. The van der Waals surface area contributed by atoms with Crippen molar-refractivity contribution in [1.82, 2.24) is 0 Å². The summed E-state index contributed by atoms with van der Waals surface area (Å²) in [5.41, 5.74) is 1.81. The number of benzene rings is 2. The number of carbonyl (C=O) groups is 3. The second kappa shape index (κ2) is 8.29. The van der Waals surface area contributed by atoms with Crippen molar-refractivity contribution in [3.63, 3.8) is 0 Å². The number of carboxylic acids is 1. The van der Waals surface area contributed by atoms with Crippen molar-refractivity contribution in [1.29, 1.82) is 0 Å². The van der Waals surface area contributed by atoms with Gasteiger partial charge in [0.1, 0.15) is 0 Å². The lowest BCUT2D eigenvalue weighted by Gasteiger charge is -2.29. The van der Waals surface area contributed by atoms with Crippen LogP contribution in [-0.2, 0) is 9.59 Å². The van der Waals surface area contributed by atoms with E-state index >= 15 is 0 Å². The van der Waals surface area contributed by atoms with Gasteiger partial charge in [0.25, 0.3) is 0 Å². The number of hydrogen-bond acceptors (Lipinski definition) is 5. The third kappa shape index (κ3) is 4.00. The fraction of sp³-hybridized carbons (Fsp3) is 0.318. The molecule has 150 valence electrons. The molecule has 0 aromatic heterocycles. The lowest BCUT2D eigenvalue weighted by atomic mass is 10.1. The Morgan fingerprint density at radius 1 is 0.931 bits per heavy atom. The molecule has 1 N–H and O–H groups in total. The fourth-order valence-electron chi connectivity index (χ4n) is 3.83. The average Bonchev–Trinajstić information content (AvgIpc) is 3.02. The molecule has 2 heterocycles. The summed E-state index contributed by atoms with van der Waals surface area (Å²) < 4.78 is 0. The minimum absolute atomic E-state index is 0.0608. The molecule has 0 radical (unpaired) electrons. The highest BCUT2D eigenvalue weighted by molar-refractivity contribution is 8.00. The normalized spacial score (nSPS) is 19.7. The molecule has 2 aromatic carbocycles. The van der Waals surface area contributed by atoms with Crippen molar-refractivity contribution >= 4 is 40.9 Å². The third-order valence-electron chi connectivity index (χ3n) is 5.32. The predicted octanol–water partition coefficient (Wildman–Crippen LogP) is 3.80. The summed E-state index contributed by atoms with van der Waals surface area (Å²) in [7, 11) is 0. The van der Waals surface area contributed by atoms with Crippen LogP contribution >= 0.6 is 11.8 Å². The molecule has 6 nitrogen and oxygen atoms in total. The maximum atomic E-state index is 12.9. The summed E-state index contributed by atoms with van der Waals surface area (Å²) >= 11 is 1.14. The lowest BCUT2D eigenvalue weighted by molar-refractivity contribution is -0.121. The molecular formula is C22H22N2O4S. The van der Waals surface area contributed by atoms with E-state index in [0.29, 0.717) is 10.6 Å². The maximum absolute atomic E-state index is 12.9. The zero-order chi connectivity index (χ0) is 20.4. The van der Waals surface area contributed by atoms with Crippen LogP contribution in [0.5, 0.6) is 0 Å². The molecule has 4 rings (SSSR count). The van der Waals surface area contributed by atoms with E-state index in [9.17, 15) is 19.5 Å². The Hall–Kier alpha value is -2.80. The van der Waals surface area contributed by atoms with Gasteiger partial charge in [-0.05, 0) is 55.7 Å². The number of amides is 2. The van der Waals surface area contributed by atoms with E-state index in [1.54, 1.807) is 18.2 Å². The molecule has 29 heavy (non-hydrogen) atoms. The van der Waals surface area contributed by atoms with Gasteiger partial charge in [-0.25, -0.2) is 9.69 Å². The summed E-state index contributed by atoms with van der Waals surface area (Å²) in [6, 6.07) is 14.1. The van der Waals surface area contributed by atoms with E-state index in [-0.39, 0.29) is 23.8 Å². The first-order valence-corrected chi connectivity index (χ1v) is 10.6. The van der Waals surface area contributed by atoms with Gasteiger partial charge in [-0.3, -0.25) is 9.59 Å². The lowest BCUT2D eigenvalue weighted by Crippen LogP contribution is -2.31. The van der Waals surface area contributed by atoms with Crippen molar-refractivity contribution in [2.24, 2.45) is 0 Å². The van der Waals surface area contributed by atoms with Crippen LogP contribution in [0.25, 0.3) is 0 Å². The van der Waals surface area contributed by atoms with Crippen LogP contribution in [0.15, 0.2) is 53.4 Å². The Labute approximate surface area is 173 Å². The van der Waals surface area contributed by atoms with Gasteiger partial charge in [0.2, 0.25) is 11.8 Å². The number of rotatable bonds is 5. The van der Waals surface area contributed by atoms with Crippen molar-refractivity contribution in [2.45, 2.75) is 35.8 Å². The minimum Gasteiger partial charge on any atom is -0.478 e. The third-order valence-corrected chi connectivity index (χ3v) is 6.58. The highest BCUT2D eigenvalue weighted by Gasteiger charge is 2.40. The zero-order valence-corrected chi connectivity index (χ0v) is 16.7. The predicted molar refractivity (Wildman–Crippen MR) is 113 cm³/mol. The first-order chi connectivity index (χ1) is 14.0. The second-order valence-corrected chi connectivity index (χ2v) is 8.49. The number of aromatic carboxylic acids is 1. The molecule has 1 unspecified atom stereocenters. The summed E-state index contributed by atoms with van der Waals surface area (Å²) in [6.07, 6.45) is 3.68. The number of nitrogens with zero attached hydrogens (tertiary/aromatic N) is 2. The highest BCUT2D eigenvalue weighted by Crippen LogP contribution is 2.36. The molecule has 2 saturated heterocycles. The fourth-order valence-corrected chi connectivity index (χ4v) is 5.01. The summed E-state index contributed by atoms with van der Waals surface area (Å²) in [5, 5.41) is 8.72. The highest BCUT2D eigenvalue weighted by atomic mass is 32.2. The van der Waals surface area contributed by atoms with E-state index in [1.165, 1.54) is 30.2 Å². The van der Waals surface area contributed by atoms with Gasteiger partial charge in [0.05, 0.1) is 16.5 Å². The Kier molecular flexibility index (Phi) is 5.58. The smallest absolute Gasteiger partial charge is 0.336 e. The van der Waals surface area contributed by atoms with E-state index in [0.717, 1.165) is 30.5 Å². The molecule has 2 aromatic rings. The number of imide groups is 1. The molecular weight excluding hydrogens is 388 g/mol. The molecule has 2 fully saturated rings. The Balaban J connectivity index is 1.50. The SMILES string of the molecule is O=C(O)c1ccccc1SC1CC(=O)N(c2ccc(N3CCCCC3)cc2)C1=O. The number of anilines is 2. The average molecular weight is 410 g/mol. The first-order valence-electron chi connectivity index (χ1n) is 9.75. The van der Waals surface area contributed by atoms with Crippen LogP contribution in [0.3, 0.4) is 0 Å². The van der Waals surface area contributed by atoms with Gasteiger partial charge in [-0.15, -0.1) is 11.8 Å². The van der Waals surface area contributed by atoms with Gasteiger partial charge in [-0.1, -0.05) is 12.1 Å². The molecule has 0 bridgehead atoms. The Morgan fingerprint density at radius 3 is 2.28 bits per heavy atom. The van der Waals surface area contributed by atoms with Crippen LogP contribution in [0.1, 0.15) is 36.0 Å². The van der Waals surface area contributed by atoms with Gasteiger partial charge >= 0.3 is 5.97 Å². The largest absolute Gasteiger partial charge is 0.478 e. The van der Waals surface area contributed by atoms with E-state index < -0.39 is 11.2 Å². The van der Waals surface area contributed by atoms with Gasteiger partial charge in [-0.2, -0.15) is 0 Å². The van der Waals surface area contributed by atoms with Gasteiger partial charge < -0.3 is 10.0 Å². The Bertz CT molecular complexity index is 938. The van der Waals surface area contributed by atoms with Crippen LogP contribution in [0.2, 0.25) is 0 Å². The first kappa shape index (κ1) is 19.5. The number of hydrogen-bond donors (Lipinski definition) is 1. The van der Waals surface area contributed by atoms with Crippen molar-refractivity contribution < 1.29 is 19.5 Å². The van der Waals surface area contributed by atoms with Crippen LogP contribution in [-0.4, -0.2) is 41.2 Å². The molecule has 0 saturated carbocycles. The van der Waals surface area contributed by atoms with Crippen molar-refractivity contribution in [3.05, 3.63) is 54.1 Å². The standard InChI is InChI=1S/C22H22N2O4S/c25-20-14-19(29-18-7-3-2-6-17(18)22(27)28)21(26)24(20)16-10-8-15(9-11-16)23-12-4-1-5-13-23/h2-3,6-11,19H,1,4-5,12-14H2,(H,27,28). The number of piperidine rings is 1. The number of carbonyl (C=O) groups excluding carboxylic acids is 2. The Morgan fingerprint density at radius 2 is 1.59 bits per heavy atom. The van der Waals surface area contributed by atoms with E-state index in [4.69, 9.17) is 0 Å². The quantitative estimate of drug-likeness (QED) is 0.756. The van der Waals surface area contributed by atoms with E-state index in [2.05, 4.69) is 4.90 Å². The minimum atomic E-state index is -1.05. The molecule has 2 aliphatic heterocycles. The topological polar surface area (TPSA) is 77.9 Å². The molecule has 7 heteroatoms. The number of carboxylic acid groups (broad SMARTS) is 1. The van der Waals surface area contributed by atoms with Crippen LogP contribution in [0.4, 0.5) is 11.4 Å². The molecule has 2 amide bonds. The van der Waals surface area contributed by atoms with Crippen molar-refractivity contribution in [2.75, 3.05) is 22.9 Å². The van der Waals surface area contributed by atoms with Crippen molar-refractivity contribution in [3.8, 4) is 0 Å². The molecule has 0 aliphatic carbocycles. The maximum Gasteiger partial charge on any atom is 0.336 e. The van der Waals surface area contributed by atoms with E-state index in [1.807, 2.05) is 24.3 Å². The van der Waals surface area contributed by atoms with Crippen LogP contribution in [0, 0.1) is 0 Å². The zero-order valence-electron chi connectivity index (χ0n) is 15.9. The molecule has 1 atom stereocenters. The van der Waals surface area contributed by atoms with Gasteiger partial charge in [0, 0.05) is 30.1 Å². The summed E-state index contributed by atoms with van der Waals surface area (Å²) in [5.74, 6) is -1.60. The van der Waals surface area contributed by atoms with Crippen LogP contribution < -0.4 is 9.80 Å².